The molecule has 1 rings (SSSR count). The second-order valence-electron chi connectivity index (χ2n) is 4.43. The van der Waals surface area contributed by atoms with Crippen molar-refractivity contribution in [2.24, 2.45) is 0 Å². The van der Waals surface area contributed by atoms with E-state index in [-0.39, 0.29) is 35.7 Å². The lowest BCUT2D eigenvalue weighted by atomic mass is 10.0. The first-order valence-electron chi connectivity index (χ1n) is 5.92. The Balaban J connectivity index is 0.00000324. The van der Waals surface area contributed by atoms with Crippen LogP contribution in [0.3, 0.4) is 0 Å². The lowest BCUT2D eigenvalue weighted by Gasteiger charge is -2.15. The van der Waals surface area contributed by atoms with Crippen molar-refractivity contribution in [3.63, 3.8) is 0 Å². The van der Waals surface area contributed by atoms with E-state index in [1.807, 2.05) is 13.8 Å². The van der Waals surface area contributed by atoms with E-state index in [0.29, 0.717) is 12.1 Å². The van der Waals surface area contributed by atoms with Gasteiger partial charge in [-0.05, 0) is 17.7 Å². The molecule has 108 valence electrons. The van der Waals surface area contributed by atoms with Crippen molar-refractivity contribution >= 4 is 18.3 Å². The molecular weight excluding hydrogens is 268 g/mol. The van der Waals surface area contributed by atoms with Crippen molar-refractivity contribution in [3.05, 3.63) is 29.3 Å². The zero-order chi connectivity index (χ0) is 13.7. The van der Waals surface area contributed by atoms with Crippen LogP contribution in [0.1, 0.15) is 35.9 Å². The normalized spacial score (nSPS) is 11.8. The quantitative estimate of drug-likeness (QED) is 0.656. The summed E-state index contributed by atoms with van der Waals surface area (Å²) >= 11 is 0. The standard InChI is InChI=1S/C13H20N2O3.ClH/c1-8(2)15-7-12(17)9-4-5-11(16)10(6-9)13(18)14-3;/h4-6,8,12,15-17H,7H2,1-3H3,(H,14,18);1H. The summed E-state index contributed by atoms with van der Waals surface area (Å²) < 4.78 is 0. The summed E-state index contributed by atoms with van der Waals surface area (Å²) in [7, 11) is 1.49. The van der Waals surface area contributed by atoms with Crippen LogP contribution in [0.5, 0.6) is 5.75 Å². The maximum absolute atomic E-state index is 11.5. The minimum Gasteiger partial charge on any atom is -0.507 e. The number of benzene rings is 1. The molecule has 0 radical (unpaired) electrons. The van der Waals surface area contributed by atoms with Gasteiger partial charge in [-0.1, -0.05) is 19.9 Å². The van der Waals surface area contributed by atoms with E-state index < -0.39 is 6.10 Å². The maximum atomic E-state index is 11.5. The molecule has 19 heavy (non-hydrogen) atoms. The number of hydrogen-bond donors (Lipinski definition) is 4. The van der Waals surface area contributed by atoms with E-state index in [0.717, 1.165) is 0 Å². The number of halogens is 1. The minimum absolute atomic E-state index is 0. The Kier molecular flexibility index (Phi) is 7.44. The lowest BCUT2D eigenvalue weighted by Crippen LogP contribution is -2.28. The molecule has 1 unspecified atom stereocenters. The molecule has 0 spiro atoms. The van der Waals surface area contributed by atoms with Gasteiger partial charge in [-0.2, -0.15) is 0 Å². The molecule has 1 aromatic carbocycles. The molecule has 0 saturated carbocycles. The van der Waals surface area contributed by atoms with Crippen LogP contribution in [-0.4, -0.2) is 35.8 Å². The zero-order valence-electron chi connectivity index (χ0n) is 11.3. The Morgan fingerprint density at radius 2 is 2.00 bits per heavy atom. The molecule has 1 amide bonds. The highest BCUT2D eigenvalue weighted by Gasteiger charge is 2.14. The van der Waals surface area contributed by atoms with E-state index in [4.69, 9.17) is 0 Å². The molecule has 5 nitrogen and oxygen atoms in total. The number of aliphatic hydroxyl groups excluding tert-OH is 1. The third kappa shape index (κ3) is 5.06. The number of nitrogens with one attached hydrogen (secondary N) is 2. The van der Waals surface area contributed by atoms with Crippen LogP contribution in [0, 0.1) is 0 Å². The van der Waals surface area contributed by atoms with Crippen LogP contribution >= 0.6 is 12.4 Å². The Labute approximate surface area is 119 Å². The molecule has 1 aromatic rings. The molecule has 6 heteroatoms. The number of amides is 1. The first-order valence-corrected chi connectivity index (χ1v) is 5.92. The highest BCUT2D eigenvalue weighted by atomic mass is 35.5. The van der Waals surface area contributed by atoms with Crippen LogP contribution in [-0.2, 0) is 0 Å². The molecule has 1 atom stereocenters. The van der Waals surface area contributed by atoms with Crippen LogP contribution in [0.4, 0.5) is 0 Å². The number of hydrogen-bond acceptors (Lipinski definition) is 4. The van der Waals surface area contributed by atoms with E-state index in [1.54, 1.807) is 6.07 Å². The van der Waals surface area contributed by atoms with Gasteiger partial charge in [-0.15, -0.1) is 12.4 Å². The topological polar surface area (TPSA) is 81.6 Å². The van der Waals surface area contributed by atoms with Crippen molar-refractivity contribution < 1.29 is 15.0 Å². The molecule has 0 aliphatic carbocycles. The fourth-order valence-corrected chi connectivity index (χ4v) is 1.54. The van der Waals surface area contributed by atoms with Gasteiger partial charge in [0.25, 0.3) is 5.91 Å². The first-order chi connectivity index (χ1) is 8.45. The average Bonchev–Trinajstić information content (AvgIpc) is 2.35. The van der Waals surface area contributed by atoms with Gasteiger partial charge in [0.1, 0.15) is 5.75 Å². The van der Waals surface area contributed by atoms with Gasteiger partial charge < -0.3 is 20.8 Å². The van der Waals surface area contributed by atoms with E-state index in [2.05, 4.69) is 10.6 Å². The summed E-state index contributed by atoms with van der Waals surface area (Å²) in [5, 5.41) is 25.1. The summed E-state index contributed by atoms with van der Waals surface area (Å²) in [6, 6.07) is 4.79. The predicted octanol–water partition coefficient (Wildman–Crippen LogP) is 1.20. The zero-order valence-corrected chi connectivity index (χ0v) is 12.1. The van der Waals surface area contributed by atoms with Crippen molar-refractivity contribution in [1.82, 2.24) is 10.6 Å². The van der Waals surface area contributed by atoms with Gasteiger partial charge >= 0.3 is 0 Å². The molecule has 0 aliphatic heterocycles. The molecule has 0 aromatic heterocycles. The molecule has 0 heterocycles. The van der Waals surface area contributed by atoms with Gasteiger partial charge in [0.05, 0.1) is 11.7 Å². The number of carbonyl (C=O) groups excluding carboxylic acids is 1. The smallest absolute Gasteiger partial charge is 0.254 e. The summed E-state index contributed by atoms with van der Waals surface area (Å²) in [6.07, 6.45) is -0.712. The van der Waals surface area contributed by atoms with Crippen LogP contribution in [0.15, 0.2) is 18.2 Å². The molecule has 0 bridgehead atoms. The summed E-state index contributed by atoms with van der Waals surface area (Å²) in [5.41, 5.74) is 0.762. The van der Waals surface area contributed by atoms with E-state index >= 15 is 0 Å². The number of phenolic OH excluding ortho intramolecular Hbond substituents is 1. The Hall–Kier alpha value is -1.30. The largest absolute Gasteiger partial charge is 0.507 e. The maximum Gasteiger partial charge on any atom is 0.254 e. The number of phenols is 1. The number of aromatic hydroxyl groups is 1. The van der Waals surface area contributed by atoms with Gasteiger partial charge in [0.2, 0.25) is 0 Å². The van der Waals surface area contributed by atoms with Crippen molar-refractivity contribution in [1.29, 1.82) is 0 Å². The summed E-state index contributed by atoms with van der Waals surface area (Å²) in [5.74, 6) is -0.472. The minimum atomic E-state index is -0.712. The lowest BCUT2D eigenvalue weighted by molar-refractivity contribution is 0.0960. The van der Waals surface area contributed by atoms with Crippen LogP contribution in [0.25, 0.3) is 0 Å². The molecule has 0 fully saturated rings. The average molecular weight is 289 g/mol. The Morgan fingerprint density at radius 3 is 2.53 bits per heavy atom. The molecular formula is C13H21ClN2O3. The number of rotatable bonds is 5. The fraction of sp³-hybridized carbons (Fsp3) is 0.462. The van der Waals surface area contributed by atoms with Crippen molar-refractivity contribution in [2.75, 3.05) is 13.6 Å². The van der Waals surface area contributed by atoms with Gasteiger partial charge in [-0.3, -0.25) is 4.79 Å². The van der Waals surface area contributed by atoms with Crippen LogP contribution < -0.4 is 10.6 Å². The van der Waals surface area contributed by atoms with Gasteiger partial charge in [0, 0.05) is 19.6 Å². The summed E-state index contributed by atoms with van der Waals surface area (Å²) in [4.78, 5) is 11.5. The molecule has 4 N–H and O–H groups in total. The second-order valence-corrected chi connectivity index (χ2v) is 4.43. The monoisotopic (exact) mass is 288 g/mol. The van der Waals surface area contributed by atoms with Crippen LogP contribution in [0.2, 0.25) is 0 Å². The fourth-order valence-electron chi connectivity index (χ4n) is 1.54. The van der Waals surface area contributed by atoms with E-state index in [1.165, 1.54) is 19.2 Å². The second kappa shape index (κ2) is 7.99. The first kappa shape index (κ1) is 17.7. The highest BCUT2D eigenvalue weighted by molar-refractivity contribution is 5.96. The Morgan fingerprint density at radius 1 is 1.37 bits per heavy atom. The third-order valence-corrected chi connectivity index (χ3v) is 2.60. The highest BCUT2D eigenvalue weighted by Crippen LogP contribution is 2.22. The van der Waals surface area contributed by atoms with Crippen molar-refractivity contribution in [3.8, 4) is 5.75 Å². The number of aliphatic hydroxyl groups is 1. The van der Waals surface area contributed by atoms with E-state index in [9.17, 15) is 15.0 Å². The van der Waals surface area contributed by atoms with Gasteiger partial charge in [0.15, 0.2) is 0 Å². The molecule has 0 saturated heterocycles. The number of carbonyl (C=O) groups is 1. The summed E-state index contributed by atoms with van der Waals surface area (Å²) in [6.45, 7) is 4.37. The Bertz CT molecular complexity index is 424. The molecule has 0 aliphatic rings. The van der Waals surface area contributed by atoms with Gasteiger partial charge in [-0.25, -0.2) is 0 Å². The third-order valence-electron chi connectivity index (χ3n) is 2.60. The van der Waals surface area contributed by atoms with Crippen molar-refractivity contribution in [2.45, 2.75) is 26.0 Å². The predicted molar refractivity (Wildman–Crippen MR) is 76.8 cm³/mol. The SMILES string of the molecule is CNC(=O)c1cc(C(O)CNC(C)C)ccc1O.Cl.